The number of morpholine rings is 1. The van der Waals surface area contributed by atoms with Gasteiger partial charge in [-0.15, -0.1) is 0 Å². The highest BCUT2D eigenvalue weighted by molar-refractivity contribution is 5.95. The van der Waals surface area contributed by atoms with Gasteiger partial charge in [0, 0.05) is 25.2 Å². The molecule has 6 nitrogen and oxygen atoms in total. The number of carbonyl (C=O) groups is 1. The minimum absolute atomic E-state index is 0.00411. The first-order chi connectivity index (χ1) is 9.95. The number of aryl methyl sites for hydroxylation is 1. The van der Waals surface area contributed by atoms with Crippen LogP contribution in [0, 0.1) is 22.9 Å². The van der Waals surface area contributed by atoms with Gasteiger partial charge in [0.25, 0.3) is 11.6 Å². The Bertz CT molecular complexity index is 607. The Morgan fingerprint density at radius 3 is 2.57 bits per heavy atom. The number of carbonyl (C=O) groups excluding carboxylic acids is 1. The van der Waals surface area contributed by atoms with E-state index >= 15 is 0 Å². The lowest BCUT2D eigenvalue weighted by molar-refractivity contribution is -0.385. The number of nitro benzene ring substituents is 1. The molecule has 0 radical (unpaired) electrons. The maximum absolute atomic E-state index is 14.2. The maximum atomic E-state index is 14.2. The number of nitro groups is 1. The van der Waals surface area contributed by atoms with Crippen molar-refractivity contribution in [2.75, 3.05) is 13.1 Å². The SMILES string of the molecule is Cc1cc([N+](=O)[O-])cc(C(=O)N2CC3CCC(C2)O3)c1F. The summed E-state index contributed by atoms with van der Waals surface area (Å²) in [6.45, 7) is 2.25. The molecule has 2 heterocycles. The minimum atomic E-state index is -0.690. The first-order valence-corrected chi connectivity index (χ1v) is 6.85. The van der Waals surface area contributed by atoms with E-state index in [0.29, 0.717) is 13.1 Å². The molecule has 1 amide bonds. The molecule has 1 aromatic rings. The van der Waals surface area contributed by atoms with Crippen LogP contribution in [0.25, 0.3) is 0 Å². The first-order valence-electron chi connectivity index (χ1n) is 6.85. The van der Waals surface area contributed by atoms with Gasteiger partial charge < -0.3 is 9.64 Å². The Kier molecular flexibility index (Phi) is 3.36. The van der Waals surface area contributed by atoms with Crippen LogP contribution in [-0.2, 0) is 4.74 Å². The zero-order valence-corrected chi connectivity index (χ0v) is 11.5. The molecule has 2 aliphatic heterocycles. The number of halogens is 1. The van der Waals surface area contributed by atoms with Gasteiger partial charge in [0.1, 0.15) is 5.82 Å². The van der Waals surface area contributed by atoms with E-state index in [1.54, 1.807) is 0 Å². The smallest absolute Gasteiger partial charge is 0.270 e. The van der Waals surface area contributed by atoms with Gasteiger partial charge in [-0.25, -0.2) is 4.39 Å². The fourth-order valence-electron chi connectivity index (χ4n) is 2.96. The van der Waals surface area contributed by atoms with Gasteiger partial charge in [0.15, 0.2) is 0 Å². The van der Waals surface area contributed by atoms with Crippen molar-refractivity contribution in [1.29, 1.82) is 0 Å². The highest BCUT2D eigenvalue weighted by atomic mass is 19.1. The maximum Gasteiger partial charge on any atom is 0.270 e. The van der Waals surface area contributed by atoms with E-state index in [1.165, 1.54) is 11.8 Å². The Balaban J connectivity index is 1.92. The quantitative estimate of drug-likeness (QED) is 0.618. The lowest BCUT2D eigenvalue weighted by Gasteiger charge is -2.32. The van der Waals surface area contributed by atoms with Crippen LogP contribution in [0.5, 0.6) is 0 Å². The lowest BCUT2D eigenvalue weighted by Crippen LogP contribution is -2.46. The van der Waals surface area contributed by atoms with E-state index in [2.05, 4.69) is 0 Å². The topological polar surface area (TPSA) is 72.7 Å². The molecular weight excluding hydrogens is 279 g/mol. The standard InChI is InChI=1S/C14H15FN2O4/c1-8-4-9(17(19)20)5-12(13(8)15)14(18)16-6-10-2-3-11(7-16)21-10/h4-5,10-11H,2-3,6-7H2,1H3. The van der Waals surface area contributed by atoms with Crippen LogP contribution >= 0.6 is 0 Å². The van der Waals surface area contributed by atoms with E-state index in [0.717, 1.165) is 25.0 Å². The number of likely N-dealkylation sites (tertiary alicyclic amines) is 1. The van der Waals surface area contributed by atoms with E-state index < -0.39 is 16.6 Å². The highest BCUT2D eigenvalue weighted by Gasteiger charge is 2.37. The summed E-state index contributed by atoms with van der Waals surface area (Å²) in [7, 11) is 0. The molecule has 0 N–H and O–H groups in total. The van der Waals surface area contributed by atoms with Gasteiger partial charge in [-0.05, 0) is 25.3 Å². The Morgan fingerprint density at radius 2 is 2.00 bits per heavy atom. The molecule has 3 rings (SSSR count). The van der Waals surface area contributed by atoms with Gasteiger partial charge in [-0.3, -0.25) is 14.9 Å². The van der Waals surface area contributed by atoms with Crippen LogP contribution < -0.4 is 0 Å². The Labute approximate surface area is 120 Å². The average molecular weight is 294 g/mol. The molecule has 2 saturated heterocycles. The fourth-order valence-corrected chi connectivity index (χ4v) is 2.96. The summed E-state index contributed by atoms with van der Waals surface area (Å²) in [5, 5.41) is 10.9. The molecule has 21 heavy (non-hydrogen) atoms. The predicted octanol–water partition coefficient (Wildman–Crippen LogP) is 2.05. The van der Waals surface area contributed by atoms with Gasteiger partial charge in [-0.1, -0.05) is 0 Å². The zero-order valence-electron chi connectivity index (χ0n) is 11.5. The molecule has 0 aromatic heterocycles. The van der Waals surface area contributed by atoms with Crippen molar-refractivity contribution in [3.63, 3.8) is 0 Å². The van der Waals surface area contributed by atoms with Crippen molar-refractivity contribution >= 4 is 11.6 Å². The number of hydrogen-bond acceptors (Lipinski definition) is 4. The molecule has 2 fully saturated rings. The van der Waals surface area contributed by atoms with Gasteiger partial charge >= 0.3 is 0 Å². The third kappa shape index (κ3) is 2.49. The van der Waals surface area contributed by atoms with Crippen molar-refractivity contribution in [1.82, 2.24) is 4.90 Å². The molecule has 2 atom stereocenters. The van der Waals surface area contributed by atoms with Gasteiger partial charge in [0.05, 0.1) is 22.7 Å². The number of fused-ring (bicyclic) bond motifs is 2. The molecule has 2 bridgehead atoms. The van der Waals surface area contributed by atoms with Crippen LogP contribution in [-0.4, -0.2) is 41.0 Å². The zero-order chi connectivity index (χ0) is 15.1. The molecule has 0 saturated carbocycles. The summed E-state index contributed by atoms with van der Waals surface area (Å²) in [6, 6.07) is 2.15. The van der Waals surface area contributed by atoms with Crippen molar-refractivity contribution in [3.05, 3.63) is 39.2 Å². The molecule has 112 valence electrons. The van der Waals surface area contributed by atoms with Crippen molar-refractivity contribution < 1.29 is 18.8 Å². The normalized spacial score (nSPS) is 24.2. The summed E-state index contributed by atoms with van der Waals surface area (Å²) in [6.07, 6.45) is 1.78. The molecule has 1 aromatic carbocycles. The second-order valence-corrected chi connectivity index (χ2v) is 5.55. The third-order valence-electron chi connectivity index (χ3n) is 4.01. The predicted molar refractivity (Wildman–Crippen MR) is 71.6 cm³/mol. The summed E-state index contributed by atoms with van der Waals surface area (Å²) >= 11 is 0. The second kappa shape index (κ2) is 5.07. The van der Waals surface area contributed by atoms with E-state index in [-0.39, 0.29) is 29.0 Å². The number of rotatable bonds is 2. The van der Waals surface area contributed by atoms with Crippen LogP contribution in [0.1, 0.15) is 28.8 Å². The van der Waals surface area contributed by atoms with Crippen LogP contribution in [0.15, 0.2) is 12.1 Å². The molecular formula is C14H15FN2O4. The van der Waals surface area contributed by atoms with Crippen molar-refractivity contribution in [2.45, 2.75) is 32.0 Å². The van der Waals surface area contributed by atoms with Crippen molar-refractivity contribution in [2.24, 2.45) is 0 Å². The molecule has 7 heteroatoms. The largest absolute Gasteiger partial charge is 0.371 e. The minimum Gasteiger partial charge on any atom is -0.371 e. The van der Waals surface area contributed by atoms with Crippen LogP contribution in [0.2, 0.25) is 0 Å². The second-order valence-electron chi connectivity index (χ2n) is 5.55. The Morgan fingerprint density at radius 1 is 1.38 bits per heavy atom. The third-order valence-corrected chi connectivity index (χ3v) is 4.01. The van der Waals surface area contributed by atoms with Crippen LogP contribution in [0.4, 0.5) is 10.1 Å². The molecule has 0 aliphatic carbocycles. The Hall–Kier alpha value is -2.02. The van der Waals surface area contributed by atoms with E-state index in [4.69, 9.17) is 4.74 Å². The van der Waals surface area contributed by atoms with Crippen LogP contribution in [0.3, 0.4) is 0 Å². The van der Waals surface area contributed by atoms with E-state index in [9.17, 15) is 19.3 Å². The number of nitrogens with zero attached hydrogens (tertiary/aromatic N) is 2. The van der Waals surface area contributed by atoms with E-state index in [1.807, 2.05) is 0 Å². The van der Waals surface area contributed by atoms with Gasteiger partial charge in [-0.2, -0.15) is 0 Å². The summed E-state index contributed by atoms with van der Waals surface area (Å²) in [5.74, 6) is -1.19. The number of ether oxygens (including phenoxy) is 1. The molecule has 0 spiro atoms. The summed E-state index contributed by atoms with van der Waals surface area (Å²) < 4.78 is 19.8. The molecule has 2 aliphatic rings. The highest BCUT2D eigenvalue weighted by Crippen LogP contribution is 2.29. The monoisotopic (exact) mass is 294 g/mol. The number of hydrogen-bond donors (Lipinski definition) is 0. The number of benzene rings is 1. The fraction of sp³-hybridized carbons (Fsp3) is 0.500. The first kappa shape index (κ1) is 13.9. The lowest BCUT2D eigenvalue weighted by atomic mass is 10.1. The van der Waals surface area contributed by atoms with Gasteiger partial charge in [0.2, 0.25) is 0 Å². The number of amides is 1. The van der Waals surface area contributed by atoms with Crippen molar-refractivity contribution in [3.8, 4) is 0 Å². The number of non-ortho nitro benzene ring substituents is 1. The summed E-state index contributed by atoms with van der Waals surface area (Å²) in [4.78, 5) is 24.3. The average Bonchev–Trinajstić information content (AvgIpc) is 2.79. The molecule has 2 unspecified atom stereocenters. The summed E-state index contributed by atoms with van der Waals surface area (Å²) in [5.41, 5.74) is -0.403.